The first-order valence-corrected chi connectivity index (χ1v) is 7.28. The molecular weight excluding hydrogens is 259 g/mol. The number of aromatic nitrogens is 2. The van der Waals surface area contributed by atoms with E-state index in [2.05, 4.69) is 33.3 Å². The number of aryl methyl sites for hydroxylation is 2. The lowest BCUT2D eigenvalue weighted by molar-refractivity contribution is -0.671. The summed E-state index contributed by atoms with van der Waals surface area (Å²) in [5, 5.41) is 0. The Labute approximate surface area is 106 Å². The van der Waals surface area contributed by atoms with Crippen molar-refractivity contribution in [3.63, 3.8) is 0 Å². The highest BCUT2D eigenvalue weighted by atomic mass is 31.2. The van der Waals surface area contributed by atoms with Crippen LogP contribution in [0, 0.1) is 0 Å². The molecule has 1 aromatic rings. The average molecular weight is 278 g/mol. The van der Waals surface area contributed by atoms with Gasteiger partial charge in [-0.05, 0) is 6.92 Å². The van der Waals surface area contributed by atoms with Crippen molar-refractivity contribution in [2.75, 3.05) is 20.4 Å². The lowest BCUT2D eigenvalue weighted by Gasteiger charge is -2.16. The van der Waals surface area contributed by atoms with Gasteiger partial charge in [0, 0.05) is 6.66 Å². The Kier molecular flexibility index (Phi) is 7.50. The Morgan fingerprint density at radius 3 is 2.44 bits per heavy atom. The second kappa shape index (κ2) is 8.02. The molecule has 1 atom stereocenters. The zero-order valence-electron chi connectivity index (χ0n) is 11.0. The molecule has 7 nitrogen and oxygen atoms in total. The summed E-state index contributed by atoms with van der Waals surface area (Å²) in [6.07, 6.45) is 6.14. The monoisotopic (exact) mass is 278 g/mol. The Hall–Kier alpha value is -1.17. The molecule has 18 heavy (non-hydrogen) atoms. The van der Waals surface area contributed by atoms with Crippen molar-refractivity contribution in [3.05, 3.63) is 18.7 Å². The summed E-state index contributed by atoms with van der Waals surface area (Å²) in [6, 6.07) is 0. The van der Waals surface area contributed by atoms with Gasteiger partial charge in [0.25, 0.3) is 0 Å². The first kappa shape index (κ1) is 16.8. The van der Waals surface area contributed by atoms with E-state index in [0.717, 1.165) is 20.3 Å². The molecule has 1 heterocycles. The number of esters is 1. The molecule has 0 aliphatic heterocycles. The predicted molar refractivity (Wildman–Crippen MR) is 62.8 cm³/mol. The highest BCUT2D eigenvalue weighted by Gasteiger charge is 2.04. The summed E-state index contributed by atoms with van der Waals surface area (Å²) in [6.45, 7) is 3.52. The van der Waals surface area contributed by atoms with E-state index >= 15 is 0 Å². The summed E-state index contributed by atoms with van der Waals surface area (Å²) in [5.41, 5.74) is 0. The fourth-order valence-electron chi connectivity index (χ4n) is 0.918. The number of hydrogen-bond donors (Lipinski definition) is 0. The Balaban J connectivity index is 0.000000327. The molecule has 0 saturated carbocycles. The van der Waals surface area contributed by atoms with Crippen LogP contribution < -0.4 is 9.46 Å². The Morgan fingerprint density at radius 2 is 2.17 bits per heavy atom. The standard InChI is InChI=1S/C6H11N2.C4H9O5P/c1-3-8-5-4-7(2)6-8;1-8-4(5)3-9-10(2,6)7/h4-6H,3H2,1-2H3;3H2,1-2H3,(H,6,7)/q+1;/p-1. The molecule has 0 spiro atoms. The topological polar surface area (TPSA) is 84.5 Å². The van der Waals surface area contributed by atoms with Crippen LogP contribution in [-0.2, 0) is 32.2 Å². The van der Waals surface area contributed by atoms with Crippen molar-refractivity contribution in [2.24, 2.45) is 7.05 Å². The lowest BCUT2D eigenvalue weighted by Crippen LogP contribution is -2.23. The third kappa shape index (κ3) is 8.92. The molecule has 0 aliphatic rings. The third-order valence-electron chi connectivity index (χ3n) is 1.83. The largest absolute Gasteiger partial charge is 0.779 e. The average Bonchev–Trinajstić information content (AvgIpc) is 2.72. The molecule has 0 fully saturated rings. The Morgan fingerprint density at radius 1 is 1.56 bits per heavy atom. The molecule has 1 rings (SSSR count). The lowest BCUT2D eigenvalue weighted by atomic mass is 10.7. The molecule has 0 amide bonds. The molecule has 104 valence electrons. The van der Waals surface area contributed by atoms with Gasteiger partial charge in [0.2, 0.25) is 6.33 Å². The summed E-state index contributed by atoms with van der Waals surface area (Å²) < 4.78 is 22.6. The highest BCUT2D eigenvalue weighted by molar-refractivity contribution is 7.50. The third-order valence-corrected chi connectivity index (χ3v) is 2.43. The van der Waals surface area contributed by atoms with Crippen molar-refractivity contribution >= 4 is 13.6 Å². The predicted octanol–water partition coefficient (Wildman–Crippen LogP) is -0.308. The number of nitrogens with zero attached hydrogens (tertiary/aromatic N) is 2. The van der Waals surface area contributed by atoms with Crippen molar-refractivity contribution < 1.29 is 28.1 Å². The van der Waals surface area contributed by atoms with E-state index in [1.54, 1.807) is 0 Å². The molecule has 1 unspecified atom stereocenters. The maximum Gasteiger partial charge on any atom is 0.332 e. The minimum Gasteiger partial charge on any atom is -0.779 e. The normalized spacial score (nSPS) is 13.2. The molecule has 8 heteroatoms. The van der Waals surface area contributed by atoms with Gasteiger partial charge in [0.15, 0.2) is 6.61 Å². The van der Waals surface area contributed by atoms with Crippen LogP contribution in [0.1, 0.15) is 6.92 Å². The maximum atomic E-state index is 10.3. The van der Waals surface area contributed by atoms with Gasteiger partial charge < -0.3 is 18.7 Å². The maximum absolute atomic E-state index is 10.3. The van der Waals surface area contributed by atoms with E-state index in [9.17, 15) is 14.3 Å². The quantitative estimate of drug-likeness (QED) is 0.428. The van der Waals surface area contributed by atoms with Crippen LogP contribution in [-0.4, -0.2) is 30.9 Å². The summed E-state index contributed by atoms with van der Waals surface area (Å²) in [5.74, 6) is -0.710. The van der Waals surface area contributed by atoms with Crippen LogP contribution in [0.5, 0.6) is 0 Å². The van der Waals surface area contributed by atoms with Crippen LogP contribution in [0.25, 0.3) is 0 Å². The number of carbonyl (C=O) groups excluding carboxylic acids is 1. The van der Waals surface area contributed by atoms with E-state index in [4.69, 9.17) is 0 Å². The van der Waals surface area contributed by atoms with Crippen LogP contribution in [0.4, 0.5) is 0 Å². The number of ether oxygens (including phenoxy) is 1. The molecular formula is C10H19N2O5P. The molecule has 0 radical (unpaired) electrons. The summed E-state index contributed by atoms with van der Waals surface area (Å²) in [4.78, 5) is 20.5. The molecule has 1 aromatic heterocycles. The SMILES string of the molecule is CCn1cc[n+](C)c1.COC(=O)COP(C)(=O)[O-]. The van der Waals surface area contributed by atoms with E-state index in [1.165, 1.54) is 0 Å². The molecule has 0 aliphatic carbocycles. The zero-order valence-corrected chi connectivity index (χ0v) is 11.9. The fourth-order valence-corrected chi connectivity index (χ4v) is 1.26. The molecule has 0 N–H and O–H groups in total. The number of carbonyl (C=O) groups is 1. The number of rotatable bonds is 4. The minimum atomic E-state index is -3.78. The zero-order chi connectivity index (χ0) is 14.2. The first-order chi connectivity index (χ1) is 8.28. The second-order valence-electron chi connectivity index (χ2n) is 3.53. The van der Waals surface area contributed by atoms with Crippen molar-refractivity contribution in [1.29, 1.82) is 0 Å². The van der Waals surface area contributed by atoms with Crippen molar-refractivity contribution in [3.8, 4) is 0 Å². The van der Waals surface area contributed by atoms with Gasteiger partial charge in [-0.1, -0.05) is 0 Å². The van der Waals surface area contributed by atoms with Gasteiger partial charge in [0.05, 0.1) is 20.7 Å². The van der Waals surface area contributed by atoms with Crippen LogP contribution in [0.15, 0.2) is 18.7 Å². The van der Waals surface area contributed by atoms with Gasteiger partial charge in [-0.25, -0.2) is 13.9 Å². The van der Waals surface area contributed by atoms with E-state index in [0.29, 0.717) is 0 Å². The van der Waals surface area contributed by atoms with Gasteiger partial charge in [0.1, 0.15) is 20.0 Å². The van der Waals surface area contributed by atoms with Crippen LogP contribution in [0.2, 0.25) is 0 Å². The summed E-state index contributed by atoms with van der Waals surface area (Å²) in [7, 11) is -0.614. The van der Waals surface area contributed by atoms with E-state index < -0.39 is 20.2 Å². The van der Waals surface area contributed by atoms with Crippen molar-refractivity contribution in [2.45, 2.75) is 13.5 Å². The number of hydrogen-bond acceptors (Lipinski definition) is 5. The van der Waals surface area contributed by atoms with Gasteiger partial charge >= 0.3 is 5.97 Å². The summed E-state index contributed by atoms with van der Waals surface area (Å²) >= 11 is 0. The van der Waals surface area contributed by atoms with Gasteiger partial charge in [-0.2, -0.15) is 0 Å². The Bertz CT molecular complexity index is 412. The minimum absolute atomic E-state index is 0.548. The molecule has 0 bridgehead atoms. The second-order valence-corrected chi connectivity index (χ2v) is 5.33. The number of imidazole rings is 1. The van der Waals surface area contributed by atoms with Crippen molar-refractivity contribution in [1.82, 2.24) is 4.57 Å². The first-order valence-electron chi connectivity index (χ1n) is 5.29. The highest BCUT2D eigenvalue weighted by Crippen LogP contribution is 2.30. The number of methoxy groups -OCH3 is 1. The molecule has 0 saturated heterocycles. The van der Waals surface area contributed by atoms with Crippen LogP contribution in [0.3, 0.4) is 0 Å². The smallest absolute Gasteiger partial charge is 0.332 e. The van der Waals surface area contributed by atoms with Gasteiger partial charge in [-0.15, -0.1) is 0 Å². The fraction of sp³-hybridized carbons (Fsp3) is 0.600. The van der Waals surface area contributed by atoms with E-state index in [-0.39, 0.29) is 0 Å². The van der Waals surface area contributed by atoms with Crippen LogP contribution >= 0.6 is 7.60 Å². The molecule has 0 aromatic carbocycles. The van der Waals surface area contributed by atoms with Gasteiger partial charge in [-0.3, -0.25) is 0 Å². The van der Waals surface area contributed by atoms with E-state index in [1.807, 2.05) is 17.8 Å².